The normalized spacial score (nSPS) is 13.7. The Labute approximate surface area is 91.9 Å². The Morgan fingerprint density at radius 1 is 1.27 bits per heavy atom. The van der Waals surface area contributed by atoms with Crippen molar-refractivity contribution in [2.45, 2.75) is 33.8 Å². The molecule has 0 amide bonds. The second-order valence-electron chi connectivity index (χ2n) is 4.92. The van der Waals surface area contributed by atoms with Crippen LogP contribution in [0.25, 0.3) is 0 Å². The van der Waals surface area contributed by atoms with Crippen LogP contribution in [-0.2, 0) is 0 Å². The molecular weight excluding hydrogens is 188 g/mol. The van der Waals surface area contributed by atoms with Crippen LogP contribution in [-0.4, -0.2) is 17.8 Å². The lowest BCUT2D eigenvalue weighted by Gasteiger charge is -2.30. The molecule has 15 heavy (non-hydrogen) atoms. The number of aryl methyl sites for hydroxylation is 1. The van der Waals surface area contributed by atoms with Gasteiger partial charge in [0.1, 0.15) is 11.9 Å². The molecule has 0 aliphatic carbocycles. The van der Waals surface area contributed by atoms with Crippen molar-refractivity contribution in [3.05, 3.63) is 29.8 Å². The minimum absolute atomic E-state index is 0.0395. The molecule has 0 aromatic heterocycles. The maximum Gasteiger partial charge on any atom is 0.126 e. The summed E-state index contributed by atoms with van der Waals surface area (Å²) in [5, 5.41) is 9.29. The molecule has 2 heteroatoms. The summed E-state index contributed by atoms with van der Waals surface area (Å²) in [4.78, 5) is 0. The van der Waals surface area contributed by atoms with E-state index in [0.717, 1.165) is 11.3 Å². The number of hydrogen-bond donors (Lipinski definition) is 1. The Hall–Kier alpha value is -1.02. The molecule has 2 nitrogen and oxygen atoms in total. The average Bonchev–Trinajstić information content (AvgIpc) is 2.14. The second-order valence-corrected chi connectivity index (χ2v) is 4.92. The summed E-state index contributed by atoms with van der Waals surface area (Å²) in [5.74, 6) is 0.853. The van der Waals surface area contributed by atoms with E-state index >= 15 is 0 Å². The van der Waals surface area contributed by atoms with Crippen LogP contribution in [0.4, 0.5) is 0 Å². The summed E-state index contributed by atoms with van der Waals surface area (Å²) < 4.78 is 5.81. The fourth-order valence-corrected chi connectivity index (χ4v) is 1.33. The summed E-state index contributed by atoms with van der Waals surface area (Å²) in [6, 6.07) is 7.86. The van der Waals surface area contributed by atoms with E-state index in [1.54, 1.807) is 0 Å². The number of para-hydroxylation sites is 1. The summed E-state index contributed by atoms with van der Waals surface area (Å²) in [6.07, 6.45) is -0.168. The zero-order chi connectivity index (χ0) is 11.5. The van der Waals surface area contributed by atoms with E-state index in [-0.39, 0.29) is 18.1 Å². The van der Waals surface area contributed by atoms with Gasteiger partial charge in [-0.25, -0.2) is 0 Å². The van der Waals surface area contributed by atoms with Crippen LogP contribution in [0.5, 0.6) is 5.75 Å². The molecule has 0 aliphatic rings. The van der Waals surface area contributed by atoms with Crippen molar-refractivity contribution in [3.8, 4) is 5.75 Å². The smallest absolute Gasteiger partial charge is 0.126 e. The van der Waals surface area contributed by atoms with Crippen LogP contribution < -0.4 is 4.74 Å². The number of ether oxygens (including phenoxy) is 1. The van der Waals surface area contributed by atoms with Gasteiger partial charge in [-0.1, -0.05) is 39.0 Å². The molecule has 0 radical (unpaired) electrons. The lowest BCUT2D eigenvalue weighted by Crippen LogP contribution is -2.35. The number of benzene rings is 1. The number of rotatable bonds is 3. The SMILES string of the molecule is Cc1ccccc1OC(CO)C(C)(C)C. The van der Waals surface area contributed by atoms with Gasteiger partial charge in [-0.15, -0.1) is 0 Å². The number of aliphatic hydroxyl groups is 1. The van der Waals surface area contributed by atoms with Crippen molar-refractivity contribution in [1.82, 2.24) is 0 Å². The predicted molar refractivity (Wildman–Crippen MR) is 62.1 cm³/mol. The van der Waals surface area contributed by atoms with E-state index in [0.29, 0.717) is 0 Å². The summed E-state index contributed by atoms with van der Waals surface area (Å²) >= 11 is 0. The largest absolute Gasteiger partial charge is 0.487 e. The Morgan fingerprint density at radius 3 is 2.33 bits per heavy atom. The average molecular weight is 208 g/mol. The van der Waals surface area contributed by atoms with Crippen LogP contribution in [0, 0.1) is 12.3 Å². The van der Waals surface area contributed by atoms with Crippen LogP contribution in [0.3, 0.4) is 0 Å². The van der Waals surface area contributed by atoms with Crippen molar-refractivity contribution < 1.29 is 9.84 Å². The highest BCUT2D eigenvalue weighted by atomic mass is 16.5. The van der Waals surface area contributed by atoms with Crippen molar-refractivity contribution in [3.63, 3.8) is 0 Å². The first-order valence-electron chi connectivity index (χ1n) is 5.28. The first-order chi connectivity index (χ1) is 6.95. The number of aliphatic hydroxyl groups excluding tert-OH is 1. The molecule has 0 fully saturated rings. The second kappa shape index (κ2) is 4.67. The fourth-order valence-electron chi connectivity index (χ4n) is 1.33. The van der Waals surface area contributed by atoms with Gasteiger partial charge in [-0.3, -0.25) is 0 Å². The predicted octanol–water partition coefficient (Wildman–Crippen LogP) is 2.78. The standard InChI is InChI=1S/C13H20O2/c1-10-7-5-6-8-11(10)15-12(9-14)13(2,3)4/h5-8,12,14H,9H2,1-4H3. The summed E-state index contributed by atoms with van der Waals surface area (Å²) in [5.41, 5.74) is 1.04. The van der Waals surface area contributed by atoms with Crippen molar-refractivity contribution in [1.29, 1.82) is 0 Å². The minimum atomic E-state index is -0.168. The zero-order valence-electron chi connectivity index (χ0n) is 9.95. The Bertz CT molecular complexity index is 313. The fraction of sp³-hybridized carbons (Fsp3) is 0.538. The highest BCUT2D eigenvalue weighted by Gasteiger charge is 2.26. The topological polar surface area (TPSA) is 29.5 Å². The first kappa shape index (κ1) is 12.1. The highest BCUT2D eigenvalue weighted by Crippen LogP contribution is 2.26. The molecule has 1 aromatic rings. The third-order valence-corrected chi connectivity index (χ3v) is 2.49. The van der Waals surface area contributed by atoms with E-state index < -0.39 is 0 Å². The van der Waals surface area contributed by atoms with Gasteiger partial charge in [0.25, 0.3) is 0 Å². The van der Waals surface area contributed by atoms with E-state index in [2.05, 4.69) is 20.8 Å². The van der Waals surface area contributed by atoms with Gasteiger partial charge in [-0.05, 0) is 18.6 Å². The third-order valence-electron chi connectivity index (χ3n) is 2.49. The molecule has 1 aromatic carbocycles. The molecule has 84 valence electrons. The first-order valence-corrected chi connectivity index (χ1v) is 5.28. The van der Waals surface area contributed by atoms with Gasteiger partial charge in [0.2, 0.25) is 0 Å². The third kappa shape index (κ3) is 3.24. The zero-order valence-corrected chi connectivity index (χ0v) is 9.95. The molecule has 1 rings (SSSR count). The number of hydrogen-bond acceptors (Lipinski definition) is 2. The van der Waals surface area contributed by atoms with Gasteiger partial charge < -0.3 is 9.84 Å². The van der Waals surface area contributed by atoms with E-state index in [9.17, 15) is 5.11 Å². The quantitative estimate of drug-likeness (QED) is 0.827. The van der Waals surface area contributed by atoms with Gasteiger partial charge in [0.05, 0.1) is 6.61 Å². The van der Waals surface area contributed by atoms with E-state index in [1.807, 2.05) is 31.2 Å². The van der Waals surface area contributed by atoms with Gasteiger partial charge in [0, 0.05) is 5.41 Å². The lowest BCUT2D eigenvalue weighted by atomic mass is 9.89. The molecule has 1 unspecified atom stereocenters. The molecule has 0 spiro atoms. The molecule has 0 saturated carbocycles. The van der Waals surface area contributed by atoms with Crippen LogP contribution in [0.2, 0.25) is 0 Å². The maximum atomic E-state index is 9.29. The Kier molecular flexibility index (Phi) is 3.75. The highest BCUT2D eigenvalue weighted by molar-refractivity contribution is 5.32. The van der Waals surface area contributed by atoms with Crippen molar-refractivity contribution in [2.75, 3.05) is 6.61 Å². The van der Waals surface area contributed by atoms with E-state index in [4.69, 9.17) is 4.74 Å². The van der Waals surface area contributed by atoms with Crippen LogP contribution >= 0.6 is 0 Å². The monoisotopic (exact) mass is 208 g/mol. The molecular formula is C13H20O2. The van der Waals surface area contributed by atoms with Gasteiger partial charge >= 0.3 is 0 Å². The van der Waals surface area contributed by atoms with Crippen molar-refractivity contribution in [2.24, 2.45) is 5.41 Å². The summed E-state index contributed by atoms with van der Waals surface area (Å²) in [6.45, 7) is 8.23. The molecule has 0 bridgehead atoms. The minimum Gasteiger partial charge on any atom is -0.487 e. The Morgan fingerprint density at radius 2 is 1.87 bits per heavy atom. The van der Waals surface area contributed by atoms with Crippen LogP contribution in [0.15, 0.2) is 24.3 Å². The van der Waals surface area contributed by atoms with E-state index in [1.165, 1.54) is 0 Å². The molecule has 0 aliphatic heterocycles. The molecule has 0 heterocycles. The maximum absolute atomic E-state index is 9.29. The molecule has 0 saturated heterocycles. The molecule has 1 atom stereocenters. The van der Waals surface area contributed by atoms with Gasteiger partial charge in [-0.2, -0.15) is 0 Å². The Balaban J connectivity index is 2.80. The lowest BCUT2D eigenvalue weighted by molar-refractivity contribution is 0.0327. The van der Waals surface area contributed by atoms with Crippen molar-refractivity contribution >= 4 is 0 Å². The van der Waals surface area contributed by atoms with Crippen LogP contribution in [0.1, 0.15) is 26.3 Å². The molecule has 1 N–H and O–H groups in total. The van der Waals surface area contributed by atoms with Gasteiger partial charge in [0.15, 0.2) is 0 Å². The summed E-state index contributed by atoms with van der Waals surface area (Å²) in [7, 11) is 0.